The van der Waals surface area contributed by atoms with E-state index in [9.17, 15) is 9.18 Å². The van der Waals surface area contributed by atoms with Crippen LogP contribution in [0.25, 0.3) is 10.8 Å². The zero-order chi connectivity index (χ0) is 16.8. The molecule has 0 fully saturated rings. The molecule has 0 unspecified atom stereocenters. The van der Waals surface area contributed by atoms with Crippen LogP contribution < -0.4 is 5.32 Å². The molecule has 1 atom stereocenters. The highest BCUT2D eigenvalue weighted by Crippen LogP contribution is 2.44. The fourth-order valence-corrected chi connectivity index (χ4v) is 4.28. The van der Waals surface area contributed by atoms with Gasteiger partial charge < -0.3 is 5.32 Å². The number of halogens is 3. The van der Waals surface area contributed by atoms with Crippen LogP contribution in [-0.4, -0.2) is 5.91 Å². The molecule has 1 aliphatic rings. The van der Waals surface area contributed by atoms with Crippen LogP contribution in [0.2, 0.25) is 0 Å². The number of benzene rings is 3. The van der Waals surface area contributed by atoms with E-state index >= 15 is 0 Å². The molecule has 120 valence electrons. The third kappa shape index (κ3) is 2.56. The van der Waals surface area contributed by atoms with Gasteiger partial charge in [-0.05, 0) is 40.8 Å². The lowest BCUT2D eigenvalue weighted by molar-refractivity contribution is -0.116. The van der Waals surface area contributed by atoms with Gasteiger partial charge in [-0.25, -0.2) is 4.39 Å². The molecular formula is C19H12Br2FNO. The fourth-order valence-electron chi connectivity index (χ4n) is 3.31. The van der Waals surface area contributed by atoms with E-state index in [0.29, 0.717) is 5.56 Å². The second-order valence-corrected chi connectivity index (χ2v) is 7.61. The van der Waals surface area contributed by atoms with Crippen LogP contribution in [0.15, 0.2) is 57.5 Å². The van der Waals surface area contributed by atoms with E-state index in [1.54, 1.807) is 12.1 Å². The smallest absolute Gasteiger partial charge is 0.225 e. The molecule has 0 aliphatic carbocycles. The highest BCUT2D eigenvalue weighted by Gasteiger charge is 2.30. The Hall–Kier alpha value is -1.72. The molecule has 0 spiro atoms. The van der Waals surface area contributed by atoms with Crippen LogP contribution in [0.4, 0.5) is 10.1 Å². The Balaban J connectivity index is 2.01. The first kappa shape index (κ1) is 15.8. The van der Waals surface area contributed by atoms with Gasteiger partial charge in [-0.3, -0.25) is 4.79 Å². The Morgan fingerprint density at radius 2 is 1.75 bits per heavy atom. The Kier molecular flexibility index (Phi) is 3.93. The number of anilines is 1. The van der Waals surface area contributed by atoms with Gasteiger partial charge in [-0.1, -0.05) is 56.1 Å². The number of fused-ring (bicyclic) bond motifs is 3. The molecule has 0 aromatic heterocycles. The minimum absolute atomic E-state index is 0.0978. The number of hydrogen-bond donors (Lipinski definition) is 1. The Bertz CT molecular complexity index is 987. The second-order valence-electron chi connectivity index (χ2n) is 5.84. The van der Waals surface area contributed by atoms with Gasteiger partial charge in [0, 0.05) is 26.7 Å². The maximum atomic E-state index is 14.4. The lowest BCUT2D eigenvalue weighted by Crippen LogP contribution is -2.24. The van der Waals surface area contributed by atoms with Gasteiger partial charge in [-0.2, -0.15) is 0 Å². The lowest BCUT2D eigenvalue weighted by atomic mass is 9.83. The van der Waals surface area contributed by atoms with Crippen molar-refractivity contribution in [3.05, 3.63) is 74.4 Å². The van der Waals surface area contributed by atoms with Crippen molar-refractivity contribution >= 4 is 54.2 Å². The monoisotopic (exact) mass is 447 g/mol. The average molecular weight is 449 g/mol. The zero-order valence-electron chi connectivity index (χ0n) is 12.4. The summed E-state index contributed by atoms with van der Waals surface area (Å²) in [6.07, 6.45) is 0.227. The van der Waals surface area contributed by atoms with Gasteiger partial charge in [0.25, 0.3) is 0 Å². The summed E-state index contributed by atoms with van der Waals surface area (Å²) in [4.78, 5) is 12.3. The summed E-state index contributed by atoms with van der Waals surface area (Å²) in [5.74, 6) is -0.709. The molecule has 4 rings (SSSR count). The first-order chi connectivity index (χ1) is 11.5. The Morgan fingerprint density at radius 1 is 1.00 bits per heavy atom. The summed E-state index contributed by atoms with van der Waals surface area (Å²) in [7, 11) is 0. The van der Waals surface area contributed by atoms with Crippen molar-refractivity contribution in [2.45, 2.75) is 12.3 Å². The number of rotatable bonds is 1. The molecule has 2 nitrogen and oxygen atoms in total. The minimum atomic E-state index is -0.313. The Labute approximate surface area is 155 Å². The minimum Gasteiger partial charge on any atom is -0.325 e. The van der Waals surface area contributed by atoms with Crippen molar-refractivity contribution in [3.8, 4) is 0 Å². The van der Waals surface area contributed by atoms with Gasteiger partial charge in [0.15, 0.2) is 0 Å². The standard InChI is InChI=1S/C19H12Br2FNO/c20-10-5-6-17(22)14(7-10)13-9-18(24)23-19-12-4-2-1-3-11(12)16(21)8-15(13)19/h1-8,13H,9H2,(H,23,24)/t13-/m1/s1. The zero-order valence-corrected chi connectivity index (χ0v) is 15.6. The molecule has 5 heteroatoms. The maximum Gasteiger partial charge on any atom is 0.225 e. The fraction of sp³-hybridized carbons (Fsp3) is 0.105. The van der Waals surface area contributed by atoms with E-state index in [0.717, 1.165) is 31.0 Å². The van der Waals surface area contributed by atoms with Gasteiger partial charge in [0.05, 0.1) is 5.69 Å². The maximum absolute atomic E-state index is 14.4. The summed E-state index contributed by atoms with van der Waals surface area (Å²) in [6.45, 7) is 0. The van der Waals surface area contributed by atoms with E-state index in [4.69, 9.17) is 0 Å². The molecular weight excluding hydrogens is 437 g/mol. The summed E-state index contributed by atoms with van der Waals surface area (Å²) >= 11 is 7.00. The van der Waals surface area contributed by atoms with E-state index in [2.05, 4.69) is 37.2 Å². The van der Waals surface area contributed by atoms with Crippen LogP contribution in [-0.2, 0) is 4.79 Å². The van der Waals surface area contributed by atoms with Crippen molar-refractivity contribution in [2.24, 2.45) is 0 Å². The van der Waals surface area contributed by atoms with Gasteiger partial charge in [0.2, 0.25) is 5.91 Å². The van der Waals surface area contributed by atoms with Crippen LogP contribution in [0.1, 0.15) is 23.5 Å². The molecule has 0 bridgehead atoms. The van der Waals surface area contributed by atoms with Crippen LogP contribution >= 0.6 is 31.9 Å². The third-order valence-corrected chi connectivity index (χ3v) is 5.54. The Morgan fingerprint density at radius 3 is 2.54 bits per heavy atom. The van der Waals surface area contributed by atoms with Crippen molar-refractivity contribution in [3.63, 3.8) is 0 Å². The first-order valence-electron chi connectivity index (χ1n) is 7.50. The van der Waals surface area contributed by atoms with Crippen molar-refractivity contribution in [1.82, 2.24) is 0 Å². The molecule has 1 N–H and O–H groups in total. The van der Waals surface area contributed by atoms with Gasteiger partial charge in [0.1, 0.15) is 5.82 Å². The van der Waals surface area contributed by atoms with Crippen LogP contribution in [0.5, 0.6) is 0 Å². The number of carbonyl (C=O) groups is 1. The van der Waals surface area contributed by atoms with Gasteiger partial charge in [-0.15, -0.1) is 0 Å². The van der Waals surface area contributed by atoms with E-state index < -0.39 is 0 Å². The van der Waals surface area contributed by atoms with Crippen molar-refractivity contribution in [2.75, 3.05) is 5.32 Å². The summed E-state index contributed by atoms with van der Waals surface area (Å²) in [5, 5.41) is 4.94. The van der Waals surface area contributed by atoms with E-state index in [-0.39, 0.29) is 24.1 Å². The number of amides is 1. The summed E-state index contributed by atoms with van der Waals surface area (Å²) < 4.78 is 16.2. The van der Waals surface area contributed by atoms with Crippen LogP contribution in [0, 0.1) is 5.82 Å². The molecule has 3 aromatic rings. The number of carbonyl (C=O) groups excluding carboxylic acids is 1. The molecule has 0 saturated heterocycles. The summed E-state index contributed by atoms with van der Waals surface area (Å²) in [5.41, 5.74) is 2.23. The average Bonchev–Trinajstić information content (AvgIpc) is 2.58. The molecule has 0 saturated carbocycles. The van der Waals surface area contributed by atoms with E-state index in [1.807, 2.05) is 30.3 Å². The SMILES string of the molecule is O=C1C[C@H](c2cc(Br)ccc2F)c2cc(Br)c3ccccc3c2N1. The number of nitrogens with one attached hydrogen (secondary N) is 1. The van der Waals surface area contributed by atoms with Crippen molar-refractivity contribution < 1.29 is 9.18 Å². The highest BCUT2D eigenvalue weighted by atomic mass is 79.9. The quantitative estimate of drug-likeness (QED) is 0.487. The topological polar surface area (TPSA) is 29.1 Å². The lowest BCUT2D eigenvalue weighted by Gasteiger charge is -2.28. The summed E-state index contributed by atoms with van der Waals surface area (Å²) in [6, 6.07) is 14.7. The predicted octanol–water partition coefficient (Wildman–Crippen LogP) is 5.98. The molecule has 1 aliphatic heterocycles. The largest absolute Gasteiger partial charge is 0.325 e. The molecule has 1 heterocycles. The normalized spacial score (nSPS) is 16.8. The third-order valence-electron chi connectivity index (χ3n) is 4.39. The molecule has 0 radical (unpaired) electrons. The first-order valence-corrected chi connectivity index (χ1v) is 9.09. The highest BCUT2D eigenvalue weighted by molar-refractivity contribution is 9.11. The van der Waals surface area contributed by atoms with E-state index in [1.165, 1.54) is 6.07 Å². The van der Waals surface area contributed by atoms with Gasteiger partial charge >= 0.3 is 0 Å². The molecule has 24 heavy (non-hydrogen) atoms. The molecule has 3 aromatic carbocycles. The van der Waals surface area contributed by atoms with Crippen molar-refractivity contribution in [1.29, 1.82) is 0 Å². The number of hydrogen-bond acceptors (Lipinski definition) is 1. The second kappa shape index (κ2) is 5.97. The van der Waals surface area contributed by atoms with Crippen LogP contribution in [0.3, 0.4) is 0 Å². The molecule has 1 amide bonds. The predicted molar refractivity (Wildman–Crippen MR) is 101 cm³/mol.